The Balaban J connectivity index is 3.09. The van der Waals surface area contributed by atoms with E-state index in [1.807, 2.05) is 0 Å². The monoisotopic (exact) mass is 165 g/mol. The number of hydrogen-bond acceptors (Lipinski definition) is 3. The molecule has 2 rings (SSSR count). The van der Waals surface area contributed by atoms with Crippen LogP contribution in [0.3, 0.4) is 0 Å². The lowest BCUT2D eigenvalue weighted by atomic mass is 10.4. The van der Waals surface area contributed by atoms with E-state index in [1.165, 1.54) is 17.0 Å². The third-order valence-electron chi connectivity index (χ3n) is 1.84. The van der Waals surface area contributed by atoms with Crippen molar-refractivity contribution in [2.75, 3.05) is 0 Å². The minimum atomic E-state index is -0.460. The molecule has 12 heavy (non-hydrogen) atoms. The van der Waals surface area contributed by atoms with Crippen LogP contribution >= 0.6 is 0 Å². The molecule has 2 aromatic heterocycles. The highest BCUT2D eigenvalue weighted by Gasteiger charge is 2.07. The Labute approximate surface area is 67.5 Å². The van der Waals surface area contributed by atoms with Gasteiger partial charge in [0.1, 0.15) is 5.52 Å². The topological polar surface area (TPSA) is 60.0 Å². The first kappa shape index (κ1) is 6.90. The normalized spacial score (nSPS) is 10.8. The summed E-state index contributed by atoms with van der Waals surface area (Å²) in [6.45, 7) is 0. The summed E-state index contributed by atoms with van der Waals surface area (Å²) in [5.41, 5.74) is 0.625. The molecular weight excluding hydrogens is 158 g/mol. The fourth-order valence-electron chi connectivity index (χ4n) is 1.16. The van der Waals surface area contributed by atoms with Gasteiger partial charge in [-0.2, -0.15) is 0 Å². The van der Waals surface area contributed by atoms with Crippen LogP contribution in [-0.2, 0) is 7.05 Å². The van der Waals surface area contributed by atoms with E-state index in [9.17, 15) is 10.0 Å². The highest BCUT2D eigenvalue weighted by molar-refractivity contribution is 5.74. The average Bonchev–Trinajstić information content (AvgIpc) is 2.33. The maximum Gasteiger partial charge on any atom is 0.361 e. The molecule has 0 aliphatic heterocycles. The highest BCUT2D eigenvalue weighted by Crippen LogP contribution is 2.06. The van der Waals surface area contributed by atoms with Gasteiger partial charge in [-0.15, -0.1) is 4.73 Å². The number of rotatable bonds is 0. The van der Waals surface area contributed by atoms with Crippen molar-refractivity contribution >= 4 is 11.0 Å². The Hall–Kier alpha value is -1.78. The summed E-state index contributed by atoms with van der Waals surface area (Å²) in [5, 5.41) is 9.23. The Morgan fingerprint density at radius 3 is 2.92 bits per heavy atom. The van der Waals surface area contributed by atoms with Crippen LogP contribution in [0.1, 0.15) is 0 Å². The summed E-state index contributed by atoms with van der Waals surface area (Å²) >= 11 is 0. The first-order chi connectivity index (χ1) is 5.72. The minimum absolute atomic E-state index is 0.460. The molecule has 0 unspecified atom stereocenters. The van der Waals surface area contributed by atoms with Crippen molar-refractivity contribution in [3.05, 3.63) is 28.9 Å². The number of hydrogen-bond donors (Lipinski definition) is 1. The van der Waals surface area contributed by atoms with Crippen LogP contribution in [0.5, 0.6) is 0 Å². The fourth-order valence-corrected chi connectivity index (χ4v) is 1.16. The first-order valence-electron chi connectivity index (χ1n) is 3.42. The molecule has 0 radical (unpaired) electrons. The average molecular weight is 165 g/mol. The zero-order valence-corrected chi connectivity index (χ0v) is 6.43. The Kier molecular flexibility index (Phi) is 1.21. The number of fused-ring (bicyclic) bond motifs is 1. The zero-order valence-electron chi connectivity index (χ0n) is 6.43. The number of pyridine rings is 1. The molecule has 5 heteroatoms. The van der Waals surface area contributed by atoms with Crippen LogP contribution in [-0.4, -0.2) is 19.5 Å². The summed E-state index contributed by atoms with van der Waals surface area (Å²) < 4.78 is 1.94. The van der Waals surface area contributed by atoms with Crippen molar-refractivity contribution in [3.8, 4) is 0 Å². The molecule has 0 aliphatic carbocycles. The van der Waals surface area contributed by atoms with Crippen molar-refractivity contribution in [3.63, 3.8) is 0 Å². The maximum absolute atomic E-state index is 11.1. The molecule has 0 atom stereocenters. The summed E-state index contributed by atoms with van der Waals surface area (Å²) in [4.78, 5) is 15.0. The second kappa shape index (κ2) is 2.10. The van der Waals surface area contributed by atoms with E-state index in [2.05, 4.69) is 4.98 Å². The third-order valence-corrected chi connectivity index (χ3v) is 1.84. The van der Waals surface area contributed by atoms with Crippen molar-refractivity contribution in [1.29, 1.82) is 0 Å². The van der Waals surface area contributed by atoms with E-state index in [-0.39, 0.29) is 0 Å². The van der Waals surface area contributed by atoms with Crippen molar-refractivity contribution in [2.45, 2.75) is 0 Å². The Morgan fingerprint density at radius 2 is 2.25 bits per heavy atom. The number of aromatic nitrogens is 3. The van der Waals surface area contributed by atoms with E-state index < -0.39 is 5.69 Å². The van der Waals surface area contributed by atoms with Gasteiger partial charge in [0.2, 0.25) is 0 Å². The number of imidazole rings is 1. The predicted octanol–water partition coefficient (Wildman–Crippen LogP) is -0.0277. The molecule has 62 valence electrons. The molecule has 0 spiro atoms. The molecule has 0 aliphatic rings. The van der Waals surface area contributed by atoms with E-state index in [0.717, 1.165) is 0 Å². The highest BCUT2D eigenvalue weighted by atomic mass is 16.5. The van der Waals surface area contributed by atoms with Gasteiger partial charge < -0.3 is 5.21 Å². The zero-order chi connectivity index (χ0) is 8.72. The molecule has 2 aromatic rings. The van der Waals surface area contributed by atoms with Crippen molar-refractivity contribution in [2.24, 2.45) is 7.05 Å². The maximum atomic E-state index is 11.1. The largest absolute Gasteiger partial charge is 0.424 e. The molecule has 1 N–H and O–H groups in total. The molecule has 0 fully saturated rings. The van der Waals surface area contributed by atoms with Gasteiger partial charge >= 0.3 is 5.69 Å². The van der Waals surface area contributed by atoms with E-state index >= 15 is 0 Å². The van der Waals surface area contributed by atoms with E-state index in [0.29, 0.717) is 15.8 Å². The van der Waals surface area contributed by atoms with Crippen LogP contribution in [0.15, 0.2) is 23.3 Å². The quantitative estimate of drug-likeness (QED) is 0.558. The molecule has 0 amide bonds. The smallest absolute Gasteiger partial charge is 0.361 e. The van der Waals surface area contributed by atoms with Crippen LogP contribution in [0.4, 0.5) is 0 Å². The summed E-state index contributed by atoms with van der Waals surface area (Å²) in [5.74, 6) is 0. The lowest BCUT2D eigenvalue weighted by molar-refractivity contribution is 0.185. The molecule has 5 nitrogen and oxygen atoms in total. The SMILES string of the molecule is Cn1c(=O)n(O)c2ccncc21. The molecule has 0 aromatic carbocycles. The molecular formula is C7H7N3O2. The second-order valence-corrected chi connectivity index (χ2v) is 2.52. The second-order valence-electron chi connectivity index (χ2n) is 2.52. The molecule has 0 saturated heterocycles. The molecule has 2 heterocycles. The Morgan fingerprint density at radius 1 is 1.50 bits per heavy atom. The molecule has 0 saturated carbocycles. The minimum Gasteiger partial charge on any atom is -0.424 e. The van der Waals surface area contributed by atoms with Crippen LogP contribution in [0, 0.1) is 0 Å². The van der Waals surface area contributed by atoms with Crippen LogP contribution in [0.2, 0.25) is 0 Å². The van der Waals surface area contributed by atoms with Crippen LogP contribution in [0.25, 0.3) is 11.0 Å². The predicted molar refractivity (Wildman–Crippen MR) is 42.2 cm³/mol. The lowest BCUT2D eigenvalue weighted by Crippen LogP contribution is -2.19. The summed E-state index contributed by atoms with van der Waals surface area (Å²) in [7, 11) is 1.58. The number of nitrogens with zero attached hydrogens (tertiary/aromatic N) is 3. The van der Waals surface area contributed by atoms with E-state index in [1.54, 1.807) is 13.1 Å². The summed E-state index contributed by atoms with van der Waals surface area (Å²) in [6, 6.07) is 1.58. The summed E-state index contributed by atoms with van der Waals surface area (Å²) in [6.07, 6.45) is 3.05. The van der Waals surface area contributed by atoms with Crippen molar-refractivity contribution < 1.29 is 5.21 Å². The van der Waals surface area contributed by atoms with Gasteiger partial charge in [-0.3, -0.25) is 9.55 Å². The van der Waals surface area contributed by atoms with Gasteiger partial charge in [0.15, 0.2) is 0 Å². The van der Waals surface area contributed by atoms with Crippen LogP contribution < -0.4 is 5.69 Å². The van der Waals surface area contributed by atoms with Gasteiger partial charge in [0.05, 0.1) is 11.7 Å². The lowest BCUT2D eigenvalue weighted by Gasteiger charge is -1.89. The van der Waals surface area contributed by atoms with Gasteiger partial charge in [0.25, 0.3) is 0 Å². The van der Waals surface area contributed by atoms with Crippen molar-refractivity contribution in [1.82, 2.24) is 14.3 Å². The van der Waals surface area contributed by atoms with Gasteiger partial charge in [-0.25, -0.2) is 4.79 Å². The molecule has 0 bridgehead atoms. The van der Waals surface area contributed by atoms with Gasteiger partial charge in [-0.05, 0) is 6.07 Å². The standard InChI is InChI=1S/C7H7N3O2/c1-9-6-4-8-3-2-5(6)10(12)7(9)11/h2-4,12H,1H3. The first-order valence-corrected chi connectivity index (χ1v) is 3.42. The Bertz CT molecular complexity index is 441. The van der Waals surface area contributed by atoms with E-state index in [4.69, 9.17) is 0 Å². The van der Waals surface area contributed by atoms with Gasteiger partial charge in [-0.1, -0.05) is 0 Å². The third kappa shape index (κ3) is 0.674. The fraction of sp³-hybridized carbons (Fsp3) is 0.143. The van der Waals surface area contributed by atoms with Gasteiger partial charge in [0, 0.05) is 13.2 Å². The number of aryl methyl sites for hydroxylation is 1.